The van der Waals surface area contributed by atoms with E-state index >= 15 is 0 Å². The van der Waals surface area contributed by atoms with Gasteiger partial charge in [0.2, 0.25) is 5.91 Å². The van der Waals surface area contributed by atoms with Crippen LogP contribution in [0.5, 0.6) is 0 Å². The molecule has 1 atom stereocenters. The largest absolute Gasteiger partial charge is 0.343 e. The Hall–Kier alpha value is -1.92. The lowest BCUT2D eigenvalue weighted by molar-refractivity contribution is -0.117. The van der Waals surface area contributed by atoms with Crippen molar-refractivity contribution in [1.82, 2.24) is 25.9 Å². The number of carbonyl (C=O) groups is 1. The van der Waals surface area contributed by atoms with Crippen LogP contribution in [-0.4, -0.2) is 26.5 Å². The zero-order chi connectivity index (χ0) is 14.5. The van der Waals surface area contributed by atoms with E-state index in [-0.39, 0.29) is 11.9 Å². The number of nitrogens with one attached hydrogen (secondary N) is 2. The smallest absolute Gasteiger partial charge is 0.244 e. The highest BCUT2D eigenvalue weighted by Gasteiger charge is 2.11. The number of rotatable bonds is 4. The van der Waals surface area contributed by atoms with Gasteiger partial charge in [0.25, 0.3) is 0 Å². The quantitative estimate of drug-likeness (QED) is 0.849. The first kappa shape index (κ1) is 14.5. The van der Waals surface area contributed by atoms with E-state index in [2.05, 4.69) is 25.9 Å². The number of halogens is 2. The summed E-state index contributed by atoms with van der Waals surface area (Å²) in [5, 5.41) is 16.9. The second kappa shape index (κ2) is 6.49. The van der Waals surface area contributed by atoms with Crippen molar-refractivity contribution in [1.29, 1.82) is 0 Å². The molecule has 2 aromatic rings. The van der Waals surface area contributed by atoms with Gasteiger partial charge in [0, 0.05) is 6.08 Å². The van der Waals surface area contributed by atoms with Crippen LogP contribution in [0.2, 0.25) is 10.0 Å². The van der Waals surface area contributed by atoms with Gasteiger partial charge in [-0.25, -0.2) is 0 Å². The first-order chi connectivity index (χ1) is 9.58. The summed E-state index contributed by atoms with van der Waals surface area (Å²) in [6.45, 7) is 1.75. The van der Waals surface area contributed by atoms with Crippen LogP contribution in [0.1, 0.15) is 24.4 Å². The molecule has 20 heavy (non-hydrogen) atoms. The van der Waals surface area contributed by atoms with Crippen LogP contribution in [0.4, 0.5) is 0 Å². The summed E-state index contributed by atoms with van der Waals surface area (Å²) < 4.78 is 0. The Morgan fingerprint density at radius 2 is 2.25 bits per heavy atom. The standard InChI is InChI=1S/C12H11Cl2N5O/c1-7(12-16-18-19-17-12)15-10(20)6-5-8-3-2-4-9(13)11(8)14/h2-7H,1H3,(H,15,20)(H,16,17,18,19). The van der Waals surface area contributed by atoms with Crippen LogP contribution in [-0.2, 0) is 4.79 Å². The highest BCUT2D eigenvalue weighted by Crippen LogP contribution is 2.26. The molecule has 0 aliphatic carbocycles. The summed E-state index contributed by atoms with van der Waals surface area (Å²) in [5.74, 6) is 0.117. The predicted octanol–water partition coefficient (Wildman–Crippen LogP) is 2.40. The average Bonchev–Trinajstić information content (AvgIpc) is 2.94. The maximum absolute atomic E-state index is 11.8. The summed E-state index contributed by atoms with van der Waals surface area (Å²) in [6, 6.07) is 4.86. The summed E-state index contributed by atoms with van der Waals surface area (Å²) in [5.41, 5.74) is 0.668. The lowest BCUT2D eigenvalue weighted by Crippen LogP contribution is -2.25. The Bertz CT molecular complexity index is 627. The van der Waals surface area contributed by atoms with Gasteiger partial charge in [0.1, 0.15) is 0 Å². The molecule has 1 heterocycles. The molecule has 0 saturated heterocycles. The van der Waals surface area contributed by atoms with Crippen LogP contribution in [0, 0.1) is 0 Å². The van der Waals surface area contributed by atoms with Crippen LogP contribution in [0.15, 0.2) is 24.3 Å². The normalized spacial score (nSPS) is 12.6. The molecule has 0 saturated carbocycles. The van der Waals surface area contributed by atoms with E-state index in [1.165, 1.54) is 6.08 Å². The molecule has 2 rings (SSSR count). The zero-order valence-electron chi connectivity index (χ0n) is 10.5. The fourth-order valence-corrected chi connectivity index (χ4v) is 1.86. The molecule has 0 aliphatic rings. The summed E-state index contributed by atoms with van der Waals surface area (Å²) in [7, 11) is 0. The highest BCUT2D eigenvalue weighted by atomic mass is 35.5. The maximum atomic E-state index is 11.8. The third-order valence-electron chi connectivity index (χ3n) is 2.50. The maximum Gasteiger partial charge on any atom is 0.244 e. The van der Waals surface area contributed by atoms with E-state index in [1.807, 2.05) is 0 Å². The van der Waals surface area contributed by atoms with Crippen LogP contribution >= 0.6 is 23.2 Å². The van der Waals surface area contributed by atoms with Gasteiger partial charge in [-0.1, -0.05) is 40.5 Å². The fourth-order valence-electron chi connectivity index (χ4n) is 1.49. The average molecular weight is 312 g/mol. The molecule has 2 N–H and O–H groups in total. The lowest BCUT2D eigenvalue weighted by atomic mass is 10.2. The van der Waals surface area contributed by atoms with E-state index in [0.717, 1.165) is 0 Å². The molecule has 104 valence electrons. The van der Waals surface area contributed by atoms with Gasteiger partial charge in [0.05, 0.1) is 16.1 Å². The Kier molecular flexibility index (Phi) is 4.70. The SMILES string of the molecule is CC(NC(=O)C=Cc1cccc(Cl)c1Cl)c1nn[nH]n1. The summed E-state index contributed by atoms with van der Waals surface area (Å²) in [4.78, 5) is 11.8. The van der Waals surface area contributed by atoms with Crippen LogP contribution in [0.3, 0.4) is 0 Å². The molecule has 0 radical (unpaired) electrons. The molecule has 0 bridgehead atoms. The molecule has 1 amide bonds. The number of carbonyl (C=O) groups excluding carboxylic acids is 1. The molecule has 6 nitrogen and oxygen atoms in total. The highest BCUT2D eigenvalue weighted by molar-refractivity contribution is 6.42. The number of nitrogens with zero attached hydrogens (tertiary/aromatic N) is 3. The molecule has 0 spiro atoms. The van der Waals surface area contributed by atoms with E-state index in [0.29, 0.717) is 21.4 Å². The molecular formula is C12H11Cl2N5O. The van der Waals surface area contributed by atoms with Crippen molar-refractivity contribution in [2.24, 2.45) is 0 Å². The molecule has 8 heteroatoms. The van der Waals surface area contributed by atoms with Crippen molar-refractivity contribution in [3.8, 4) is 0 Å². The second-order valence-corrected chi connectivity index (χ2v) is 4.76. The third kappa shape index (κ3) is 3.55. The number of tetrazole rings is 1. The second-order valence-electron chi connectivity index (χ2n) is 3.98. The topological polar surface area (TPSA) is 83.6 Å². The Balaban J connectivity index is 2.01. The van der Waals surface area contributed by atoms with Crippen molar-refractivity contribution >= 4 is 35.2 Å². The molecule has 1 unspecified atom stereocenters. The van der Waals surface area contributed by atoms with E-state index in [9.17, 15) is 4.79 Å². The molecule has 0 fully saturated rings. The molecular weight excluding hydrogens is 301 g/mol. The summed E-state index contributed by atoms with van der Waals surface area (Å²) >= 11 is 11.9. The number of H-pyrrole nitrogens is 1. The predicted molar refractivity (Wildman–Crippen MR) is 76.2 cm³/mol. The van der Waals surface area contributed by atoms with Crippen molar-refractivity contribution in [3.05, 3.63) is 45.7 Å². The number of hydrogen-bond donors (Lipinski definition) is 2. The van der Waals surface area contributed by atoms with Crippen molar-refractivity contribution in [3.63, 3.8) is 0 Å². The van der Waals surface area contributed by atoms with Gasteiger partial charge >= 0.3 is 0 Å². The van der Waals surface area contributed by atoms with Gasteiger partial charge in [-0.2, -0.15) is 5.21 Å². The number of benzene rings is 1. The minimum atomic E-state index is -0.347. The van der Waals surface area contributed by atoms with Gasteiger partial charge in [-0.3, -0.25) is 4.79 Å². The van der Waals surface area contributed by atoms with E-state index in [1.54, 1.807) is 31.2 Å². The van der Waals surface area contributed by atoms with Gasteiger partial charge in [-0.15, -0.1) is 10.2 Å². The van der Waals surface area contributed by atoms with Crippen molar-refractivity contribution in [2.75, 3.05) is 0 Å². The van der Waals surface area contributed by atoms with E-state index < -0.39 is 0 Å². The van der Waals surface area contributed by atoms with Crippen molar-refractivity contribution in [2.45, 2.75) is 13.0 Å². The van der Waals surface area contributed by atoms with Crippen LogP contribution < -0.4 is 5.32 Å². The zero-order valence-corrected chi connectivity index (χ0v) is 12.0. The number of amides is 1. The third-order valence-corrected chi connectivity index (χ3v) is 3.34. The monoisotopic (exact) mass is 311 g/mol. The number of aromatic amines is 1. The minimum absolute atomic E-state index is 0.293. The Morgan fingerprint density at radius 1 is 1.45 bits per heavy atom. The van der Waals surface area contributed by atoms with Crippen LogP contribution in [0.25, 0.3) is 6.08 Å². The summed E-state index contributed by atoms with van der Waals surface area (Å²) in [6.07, 6.45) is 2.96. The Labute approximate surface area is 125 Å². The molecule has 1 aromatic carbocycles. The fraction of sp³-hybridized carbons (Fsp3) is 0.167. The van der Waals surface area contributed by atoms with Crippen molar-refractivity contribution < 1.29 is 4.79 Å². The number of aromatic nitrogens is 4. The molecule has 0 aliphatic heterocycles. The first-order valence-electron chi connectivity index (χ1n) is 5.74. The minimum Gasteiger partial charge on any atom is -0.343 e. The van der Waals surface area contributed by atoms with Gasteiger partial charge < -0.3 is 5.32 Å². The number of hydrogen-bond acceptors (Lipinski definition) is 4. The van der Waals surface area contributed by atoms with E-state index in [4.69, 9.17) is 23.2 Å². The first-order valence-corrected chi connectivity index (χ1v) is 6.49. The Morgan fingerprint density at radius 3 is 2.95 bits per heavy atom. The molecule has 1 aromatic heterocycles. The lowest BCUT2D eigenvalue weighted by Gasteiger charge is -2.07. The van der Waals surface area contributed by atoms with Gasteiger partial charge in [-0.05, 0) is 24.6 Å². The van der Waals surface area contributed by atoms with Gasteiger partial charge in [0.15, 0.2) is 5.82 Å².